The van der Waals surface area contributed by atoms with Gasteiger partial charge in [-0.15, -0.1) is 16.8 Å². The van der Waals surface area contributed by atoms with Gasteiger partial charge in [-0.05, 0) is 48.5 Å². The number of ether oxygens (including phenoxy) is 2. The van der Waals surface area contributed by atoms with Gasteiger partial charge in [-0.25, -0.2) is 4.79 Å². The minimum Gasteiger partial charge on any atom is -0.497 e. The van der Waals surface area contributed by atoms with Crippen molar-refractivity contribution in [2.75, 3.05) is 31.9 Å². The van der Waals surface area contributed by atoms with E-state index in [0.29, 0.717) is 40.1 Å². The van der Waals surface area contributed by atoms with E-state index < -0.39 is 24.5 Å². The SMILES string of the molecule is C=CCn1c(SCC(=O)Nc2ccc(C(=O)OC)cc2)nnc1[C@@H](CO)NC(=O)c1ccc(OC)cc1. The maximum atomic E-state index is 12.7. The van der Waals surface area contributed by atoms with Crippen molar-refractivity contribution in [3.63, 3.8) is 0 Å². The fraction of sp³-hybridized carbons (Fsp3) is 0.240. The first kappa shape index (κ1) is 27.4. The Balaban J connectivity index is 1.66. The van der Waals surface area contributed by atoms with Crippen LogP contribution in [0.2, 0.25) is 0 Å². The summed E-state index contributed by atoms with van der Waals surface area (Å²) in [5.41, 5.74) is 1.28. The van der Waals surface area contributed by atoms with E-state index in [1.165, 1.54) is 14.2 Å². The Labute approximate surface area is 217 Å². The van der Waals surface area contributed by atoms with E-state index in [9.17, 15) is 19.5 Å². The van der Waals surface area contributed by atoms with Gasteiger partial charge in [0.1, 0.15) is 11.8 Å². The molecule has 0 saturated carbocycles. The number of benzene rings is 2. The van der Waals surface area contributed by atoms with E-state index >= 15 is 0 Å². The van der Waals surface area contributed by atoms with E-state index in [1.54, 1.807) is 59.2 Å². The second-order valence-electron chi connectivity index (χ2n) is 7.58. The van der Waals surface area contributed by atoms with Gasteiger partial charge in [0.25, 0.3) is 5.91 Å². The Hall–Kier alpha value is -4.16. The molecular weight excluding hydrogens is 498 g/mol. The van der Waals surface area contributed by atoms with Crippen LogP contribution in [0.1, 0.15) is 32.6 Å². The van der Waals surface area contributed by atoms with Crippen molar-refractivity contribution in [2.45, 2.75) is 17.7 Å². The Morgan fingerprint density at radius 3 is 2.35 bits per heavy atom. The van der Waals surface area contributed by atoms with Crippen LogP contribution in [0.15, 0.2) is 66.3 Å². The summed E-state index contributed by atoms with van der Waals surface area (Å²) in [5.74, 6) is -0.197. The first-order valence-corrected chi connectivity index (χ1v) is 12.1. The van der Waals surface area contributed by atoms with Crippen LogP contribution in [0.25, 0.3) is 0 Å². The molecule has 1 heterocycles. The molecule has 2 amide bonds. The maximum Gasteiger partial charge on any atom is 0.337 e. The molecule has 0 saturated heterocycles. The van der Waals surface area contributed by atoms with E-state index in [0.717, 1.165) is 11.8 Å². The number of carbonyl (C=O) groups is 3. The second-order valence-corrected chi connectivity index (χ2v) is 8.53. The minimum absolute atomic E-state index is 0.0238. The summed E-state index contributed by atoms with van der Waals surface area (Å²) in [7, 11) is 2.83. The third kappa shape index (κ3) is 7.18. The molecule has 12 heteroatoms. The lowest BCUT2D eigenvalue weighted by Gasteiger charge is -2.17. The Kier molecular flexibility index (Phi) is 9.81. The standard InChI is InChI=1S/C25H27N5O6S/c1-4-13-30-22(20(14-31)27-23(33)16-7-11-19(35-2)12-8-16)28-29-25(30)37-15-21(32)26-18-9-5-17(6-10-18)24(34)36-3/h4-12,20,31H,1,13-15H2,2-3H3,(H,26,32)(H,27,33)/t20-/m1/s1. The zero-order chi connectivity index (χ0) is 26.8. The normalized spacial score (nSPS) is 11.3. The highest BCUT2D eigenvalue weighted by molar-refractivity contribution is 7.99. The van der Waals surface area contributed by atoms with Crippen LogP contribution >= 0.6 is 11.8 Å². The van der Waals surface area contributed by atoms with Gasteiger partial charge in [0.2, 0.25) is 5.91 Å². The third-order valence-corrected chi connectivity index (χ3v) is 6.10. The van der Waals surface area contributed by atoms with Crippen LogP contribution in [-0.2, 0) is 16.1 Å². The number of nitrogens with one attached hydrogen (secondary N) is 2. The molecular formula is C25H27N5O6S. The van der Waals surface area contributed by atoms with Crippen molar-refractivity contribution in [2.24, 2.45) is 0 Å². The summed E-state index contributed by atoms with van der Waals surface area (Å²) in [6.07, 6.45) is 1.62. The zero-order valence-corrected chi connectivity index (χ0v) is 21.2. The van der Waals surface area contributed by atoms with Crippen molar-refractivity contribution in [1.82, 2.24) is 20.1 Å². The Morgan fingerprint density at radius 2 is 1.76 bits per heavy atom. The quantitative estimate of drug-likeness (QED) is 0.184. The van der Waals surface area contributed by atoms with Gasteiger partial charge in [0.05, 0.1) is 32.1 Å². The van der Waals surface area contributed by atoms with Crippen molar-refractivity contribution in [3.8, 4) is 5.75 Å². The van der Waals surface area contributed by atoms with Gasteiger partial charge in [0, 0.05) is 17.8 Å². The van der Waals surface area contributed by atoms with Crippen molar-refractivity contribution in [1.29, 1.82) is 0 Å². The third-order valence-electron chi connectivity index (χ3n) is 5.13. The smallest absolute Gasteiger partial charge is 0.337 e. The summed E-state index contributed by atoms with van der Waals surface area (Å²) >= 11 is 1.14. The van der Waals surface area contributed by atoms with Gasteiger partial charge in [-0.2, -0.15) is 0 Å². The molecule has 2 aromatic carbocycles. The van der Waals surface area contributed by atoms with Crippen LogP contribution in [0, 0.1) is 0 Å². The molecule has 0 aliphatic rings. The number of aliphatic hydroxyl groups is 1. The highest BCUT2D eigenvalue weighted by Gasteiger charge is 2.23. The lowest BCUT2D eigenvalue weighted by molar-refractivity contribution is -0.113. The van der Waals surface area contributed by atoms with Crippen molar-refractivity contribution < 1.29 is 29.0 Å². The number of thioether (sulfide) groups is 1. The number of hydrogen-bond donors (Lipinski definition) is 3. The number of methoxy groups -OCH3 is 2. The van der Waals surface area contributed by atoms with Gasteiger partial charge in [-0.3, -0.25) is 9.59 Å². The lowest BCUT2D eigenvalue weighted by atomic mass is 10.2. The van der Waals surface area contributed by atoms with Crippen molar-refractivity contribution >= 4 is 35.2 Å². The van der Waals surface area contributed by atoms with Gasteiger partial charge in [0.15, 0.2) is 11.0 Å². The summed E-state index contributed by atoms with van der Waals surface area (Å²) in [4.78, 5) is 36.7. The van der Waals surface area contributed by atoms with E-state index in [1.807, 2.05) is 0 Å². The zero-order valence-electron chi connectivity index (χ0n) is 20.3. The van der Waals surface area contributed by atoms with Crippen molar-refractivity contribution in [3.05, 3.63) is 78.1 Å². The Bertz CT molecular complexity index is 1240. The molecule has 0 unspecified atom stereocenters. The molecule has 1 atom stereocenters. The average molecular weight is 526 g/mol. The molecule has 11 nitrogen and oxygen atoms in total. The fourth-order valence-corrected chi connectivity index (χ4v) is 4.03. The molecule has 3 rings (SSSR count). The molecule has 37 heavy (non-hydrogen) atoms. The molecule has 194 valence electrons. The molecule has 3 aromatic rings. The summed E-state index contributed by atoms with van der Waals surface area (Å²) in [6, 6.07) is 12.0. The molecule has 0 aliphatic heterocycles. The van der Waals surface area contributed by atoms with Crippen LogP contribution in [0.4, 0.5) is 5.69 Å². The number of rotatable bonds is 12. The summed E-state index contributed by atoms with van der Waals surface area (Å²) in [6.45, 7) is 3.63. The summed E-state index contributed by atoms with van der Waals surface area (Å²) < 4.78 is 11.4. The van der Waals surface area contributed by atoms with E-state index in [-0.39, 0.29) is 11.7 Å². The number of allylic oxidation sites excluding steroid dienone is 1. The highest BCUT2D eigenvalue weighted by Crippen LogP contribution is 2.22. The molecule has 3 N–H and O–H groups in total. The number of carbonyl (C=O) groups excluding carboxylic acids is 3. The fourth-order valence-electron chi connectivity index (χ4n) is 3.28. The molecule has 0 radical (unpaired) electrons. The van der Waals surface area contributed by atoms with Crippen LogP contribution in [0.3, 0.4) is 0 Å². The minimum atomic E-state index is -0.835. The van der Waals surface area contributed by atoms with Crippen LogP contribution in [-0.4, -0.2) is 64.2 Å². The number of nitrogens with zero attached hydrogens (tertiary/aromatic N) is 3. The molecule has 0 spiro atoms. The average Bonchev–Trinajstić information content (AvgIpc) is 3.32. The largest absolute Gasteiger partial charge is 0.497 e. The van der Waals surface area contributed by atoms with Gasteiger partial charge >= 0.3 is 5.97 Å². The molecule has 0 bridgehead atoms. The number of amides is 2. The number of aromatic nitrogens is 3. The summed E-state index contributed by atoms with van der Waals surface area (Å²) in [5, 5.41) is 24.2. The van der Waals surface area contributed by atoms with Crippen LogP contribution in [0.5, 0.6) is 5.75 Å². The topological polar surface area (TPSA) is 145 Å². The predicted octanol–water partition coefficient (Wildman–Crippen LogP) is 2.45. The maximum absolute atomic E-state index is 12.7. The number of esters is 1. The Morgan fingerprint density at radius 1 is 1.08 bits per heavy atom. The van der Waals surface area contributed by atoms with E-state index in [2.05, 4.69) is 32.1 Å². The number of anilines is 1. The molecule has 0 fully saturated rings. The van der Waals surface area contributed by atoms with E-state index in [4.69, 9.17) is 4.74 Å². The van der Waals surface area contributed by atoms with Gasteiger partial charge in [-0.1, -0.05) is 17.8 Å². The number of aliphatic hydroxyl groups excluding tert-OH is 1. The molecule has 0 aliphatic carbocycles. The van der Waals surface area contributed by atoms with Crippen LogP contribution < -0.4 is 15.4 Å². The monoisotopic (exact) mass is 525 g/mol. The second kappa shape index (κ2) is 13.2. The lowest BCUT2D eigenvalue weighted by Crippen LogP contribution is -2.33. The highest BCUT2D eigenvalue weighted by atomic mass is 32.2. The first-order valence-electron chi connectivity index (χ1n) is 11.1. The predicted molar refractivity (Wildman–Crippen MR) is 138 cm³/mol. The first-order chi connectivity index (χ1) is 17.9. The van der Waals surface area contributed by atoms with Gasteiger partial charge < -0.3 is 29.8 Å². The number of hydrogen-bond acceptors (Lipinski definition) is 9. The molecule has 1 aromatic heterocycles.